The summed E-state index contributed by atoms with van der Waals surface area (Å²) in [6.45, 7) is 4.79. The maximum Gasteiger partial charge on any atom is 0.244 e. The third-order valence-corrected chi connectivity index (χ3v) is 5.32. The molecular formula is C14H22N2O3S. The molecule has 5 nitrogen and oxygen atoms in total. The van der Waals surface area contributed by atoms with Crippen LogP contribution < -0.4 is 15.2 Å². The molecule has 112 valence electrons. The Labute approximate surface area is 120 Å². The van der Waals surface area contributed by atoms with Crippen molar-refractivity contribution in [2.45, 2.75) is 38.0 Å². The van der Waals surface area contributed by atoms with Crippen molar-refractivity contribution in [1.82, 2.24) is 4.72 Å². The van der Waals surface area contributed by atoms with Gasteiger partial charge in [-0.15, -0.1) is 0 Å². The summed E-state index contributed by atoms with van der Waals surface area (Å²) in [6, 6.07) is 4.68. The number of benzene rings is 1. The van der Waals surface area contributed by atoms with Crippen LogP contribution in [0.15, 0.2) is 23.1 Å². The molecule has 1 saturated carbocycles. The van der Waals surface area contributed by atoms with Crippen LogP contribution in [0.3, 0.4) is 0 Å². The van der Waals surface area contributed by atoms with E-state index in [9.17, 15) is 8.42 Å². The zero-order valence-electron chi connectivity index (χ0n) is 12.0. The number of rotatable bonds is 7. The highest BCUT2D eigenvalue weighted by molar-refractivity contribution is 7.89. The smallest absolute Gasteiger partial charge is 0.244 e. The van der Waals surface area contributed by atoms with Gasteiger partial charge in [0.25, 0.3) is 0 Å². The molecule has 1 aliphatic rings. The summed E-state index contributed by atoms with van der Waals surface area (Å²) in [4.78, 5) is 0.117. The summed E-state index contributed by atoms with van der Waals surface area (Å²) < 4.78 is 32.9. The van der Waals surface area contributed by atoms with E-state index in [1.807, 2.05) is 6.92 Å². The summed E-state index contributed by atoms with van der Waals surface area (Å²) in [6.07, 6.45) is 3.16. The molecule has 2 rings (SSSR count). The average molecular weight is 298 g/mol. The van der Waals surface area contributed by atoms with E-state index in [2.05, 4.69) is 11.6 Å². The van der Waals surface area contributed by atoms with Crippen molar-refractivity contribution in [2.75, 3.05) is 18.9 Å². The van der Waals surface area contributed by atoms with Gasteiger partial charge >= 0.3 is 0 Å². The van der Waals surface area contributed by atoms with E-state index in [0.717, 1.165) is 19.3 Å². The number of anilines is 1. The monoisotopic (exact) mass is 298 g/mol. The SMILES string of the molecule is CCOc1ccc(N)cc1S(=O)(=O)NCC1(CC)CC1. The van der Waals surface area contributed by atoms with E-state index < -0.39 is 10.0 Å². The number of hydrogen-bond donors (Lipinski definition) is 2. The molecule has 3 N–H and O–H groups in total. The molecule has 1 aromatic rings. The summed E-state index contributed by atoms with van der Waals surface area (Å²) in [5.74, 6) is 0.343. The molecule has 0 heterocycles. The number of ether oxygens (including phenoxy) is 1. The fraction of sp³-hybridized carbons (Fsp3) is 0.571. The summed E-state index contributed by atoms with van der Waals surface area (Å²) >= 11 is 0. The molecule has 0 saturated heterocycles. The van der Waals surface area contributed by atoms with Crippen molar-refractivity contribution in [3.63, 3.8) is 0 Å². The lowest BCUT2D eigenvalue weighted by Gasteiger charge is -2.16. The van der Waals surface area contributed by atoms with Gasteiger partial charge < -0.3 is 10.5 Å². The molecule has 0 amide bonds. The largest absolute Gasteiger partial charge is 0.492 e. The molecule has 1 aliphatic carbocycles. The van der Waals surface area contributed by atoms with Gasteiger partial charge in [-0.2, -0.15) is 0 Å². The normalized spacial score (nSPS) is 16.9. The highest BCUT2D eigenvalue weighted by atomic mass is 32.2. The lowest BCUT2D eigenvalue weighted by Crippen LogP contribution is -2.30. The van der Waals surface area contributed by atoms with E-state index in [4.69, 9.17) is 10.5 Å². The van der Waals surface area contributed by atoms with Crippen LogP contribution in [-0.4, -0.2) is 21.6 Å². The van der Waals surface area contributed by atoms with Crippen LogP contribution in [0.5, 0.6) is 5.75 Å². The molecule has 20 heavy (non-hydrogen) atoms. The van der Waals surface area contributed by atoms with E-state index >= 15 is 0 Å². The predicted octanol–water partition coefficient (Wildman–Crippen LogP) is 2.14. The van der Waals surface area contributed by atoms with Gasteiger partial charge in [0.15, 0.2) is 0 Å². The molecule has 0 unspecified atom stereocenters. The molecule has 1 fully saturated rings. The fourth-order valence-corrected chi connectivity index (χ4v) is 3.50. The first-order chi connectivity index (χ1) is 9.42. The third kappa shape index (κ3) is 3.24. The number of nitrogen functional groups attached to an aromatic ring is 1. The average Bonchev–Trinajstić information content (AvgIpc) is 3.20. The molecule has 0 aliphatic heterocycles. The van der Waals surface area contributed by atoms with E-state index in [0.29, 0.717) is 24.6 Å². The van der Waals surface area contributed by atoms with Crippen LogP contribution in [0, 0.1) is 5.41 Å². The van der Waals surface area contributed by atoms with Gasteiger partial charge in [0.2, 0.25) is 10.0 Å². The zero-order valence-corrected chi connectivity index (χ0v) is 12.8. The Bertz CT molecular complexity index is 580. The maximum atomic E-state index is 12.4. The molecule has 0 aromatic heterocycles. The molecule has 1 aromatic carbocycles. The Balaban J connectivity index is 2.21. The van der Waals surface area contributed by atoms with Crippen molar-refractivity contribution in [3.05, 3.63) is 18.2 Å². The van der Waals surface area contributed by atoms with Crippen molar-refractivity contribution in [3.8, 4) is 5.75 Å². The molecule has 0 atom stereocenters. The lowest BCUT2D eigenvalue weighted by molar-refractivity contribution is 0.331. The van der Waals surface area contributed by atoms with Crippen LogP contribution in [0.1, 0.15) is 33.1 Å². The second-order valence-electron chi connectivity index (χ2n) is 5.32. The van der Waals surface area contributed by atoms with Gasteiger partial charge in [0.1, 0.15) is 10.6 Å². The predicted molar refractivity (Wildman–Crippen MR) is 79.2 cm³/mol. The maximum absolute atomic E-state index is 12.4. The lowest BCUT2D eigenvalue weighted by atomic mass is 10.1. The Hall–Kier alpha value is -1.27. The molecule has 0 bridgehead atoms. The topological polar surface area (TPSA) is 81.4 Å². The summed E-state index contributed by atoms with van der Waals surface area (Å²) in [5, 5.41) is 0. The Morgan fingerprint density at radius 2 is 2.05 bits per heavy atom. The quantitative estimate of drug-likeness (QED) is 0.756. The second kappa shape index (κ2) is 5.61. The Morgan fingerprint density at radius 3 is 2.60 bits per heavy atom. The van der Waals surface area contributed by atoms with E-state index in [1.54, 1.807) is 12.1 Å². The van der Waals surface area contributed by atoms with E-state index in [-0.39, 0.29) is 10.3 Å². The van der Waals surface area contributed by atoms with Gasteiger partial charge in [0, 0.05) is 12.2 Å². The second-order valence-corrected chi connectivity index (χ2v) is 7.05. The van der Waals surface area contributed by atoms with Gasteiger partial charge in [-0.1, -0.05) is 6.92 Å². The minimum Gasteiger partial charge on any atom is -0.492 e. The number of nitrogens with two attached hydrogens (primary N) is 1. The number of sulfonamides is 1. The first-order valence-corrected chi connectivity index (χ1v) is 8.43. The van der Waals surface area contributed by atoms with Crippen molar-refractivity contribution in [1.29, 1.82) is 0 Å². The van der Waals surface area contributed by atoms with Crippen LogP contribution in [-0.2, 0) is 10.0 Å². The van der Waals surface area contributed by atoms with Gasteiger partial charge in [-0.3, -0.25) is 0 Å². The number of hydrogen-bond acceptors (Lipinski definition) is 4. The minimum absolute atomic E-state index is 0.117. The van der Waals surface area contributed by atoms with Crippen molar-refractivity contribution in [2.24, 2.45) is 5.41 Å². The fourth-order valence-electron chi connectivity index (χ4n) is 2.17. The van der Waals surface area contributed by atoms with Crippen LogP contribution in [0.2, 0.25) is 0 Å². The highest BCUT2D eigenvalue weighted by Crippen LogP contribution is 2.48. The standard InChI is InChI=1S/C14H22N2O3S/c1-3-14(7-8-14)10-16-20(17,18)13-9-11(15)5-6-12(13)19-4-2/h5-6,9,16H,3-4,7-8,10,15H2,1-2H3. The molecule has 0 spiro atoms. The Morgan fingerprint density at radius 1 is 1.35 bits per heavy atom. The minimum atomic E-state index is -3.59. The third-order valence-electron chi connectivity index (χ3n) is 3.90. The van der Waals surface area contributed by atoms with Crippen molar-refractivity contribution < 1.29 is 13.2 Å². The zero-order chi connectivity index (χ0) is 14.8. The van der Waals surface area contributed by atoms with Crippen LogP contribution in [0.25, 0.3) is 0 Å². The van der Waals surface area contributed by atoms with Gasteiger partial charge in [0.05, 0.1) is 6.61 Å². The van der Waals surface area contributed by atoms with Crippen molar-refractivity contribution >= 4 is 15.7 Å². The number of nitrogens with one attached hydrogen (secondary N) is 1. The Kier molecular flexibility index (Phi) is 4.25. The van der Waals surface area contributed by atoms with Crippen LogP contribution in [0.4, 0.5) is 5.69 Å². The summed E-state index contributed by atoms with van der Waals surface area (Å²) in [5.41, 5.74) is 6.25. The van der Waals surface area contributed by atoms with Gasteiger partial charge in [-0.05, 0) is 49.8 Å². The van der Waals surface area contributed by atoms with Crippen LogP contribution >= 0.6 is 0 Å². The highest BCUT2D eigenvalue weighted by Gasteiger charge is 2.41. The molecule has 0 radical (unpaired) electrons. The molecule has 6 heteroatoms. The van der Waals surface area contributed by atoms with Gasteiger partial charge in [-0.25, -0.2) is 13.1 Å². The summed E-state index contributed by atoms with van der Waals surface area (Å²) in [7, 11) is -3.59. The van der Waals surface area contributed by atoms with E-state index in [1.165, 1.54) is 6.07 Å². The molecular weight excluding hydrogens is 276 g/mol. The first kappa shape index (κ1) is 15.1. The first-order valence-electron chi connectivity index (χ1n) is 6.94.